The molecule has 0 atom stereocenters. The Morgan fingerprint density at radius 2 is 1.77 bits per heavy atom. The van der Waals surface area contributed by atoms with Crippen LogP contribution in [0.15, 0.2) is 54.2 Å². The summed E-state index contributed by atoms with van der Waals surface area (Å²) in [6, 6.07) is 14.1. The molecule has 4 rings (SSSR count). The van der Waals surface area contributed by atoms with Gasteiger partial charge in [0, 0.05) is 28.8 Å². The number of pyridine rings is 1. The average Bonchev–Trinajstić information content (AvgIpc) is 3.25. The maximum Gasteiger partial charge on any atom is 0.104 e. The van der Waals surface area contributed by atoms with Crippen molar-refractivity contribution in [3.8, 4) is 17.3 Å². The van der Waals surface area contributed by atoms with E-state index in [9.17, 15) is 0 Å². The Hall–Kier alpha value is -2.51. The average molecular weight is 303 g/mol. The third kappa shape index (κ3) is 2.11. The summed E-state index contributed by atoms with van der Waals surface area (Å²) in [5, 5.41) is 12.2. The number of nitriles is 1. The molecule has 0 amide bonds. The van der Waals surface area contributed by atoms with Gasteiger partial charge in [-0.2, -0.15) is 5.26 Å². The molecule has 3 aromatic rings. The van der Waals surface area contributed by atoms with Crippen molar-refractivity contribution in [3.05, 3.63) is 70.3 Å². The molecule has 0 N–H and O–H groups in total. The molecule has 22 heavy (non-hydrogen) atoms. The Balaban J connectivity index is 1.69. The van der Waals surface area contributed by atoms with E-state index in [2.05, 4.69) is 28.6 Å². The van der Waals surface area contributed by atoms with Gasteiger partial charge >= 0.3 is 0 Å². The van der Waals surface area contributed by atoms with Gasteiger partial charge in [0.2, 0.25) is 0 Å². The molecule has 1 aliphatic carbocycles. The summed E-state index contributed by atoms with van der Waals surface area (Å²) >= 11 is 1.72. The molecule has 2 aromatic heterocycles. The Labute approximate surface area is 132 Å². The topological polar surface area (TPSA) is 49.6 Å². The first-order valence-corrected chi connectivity index (χ1v) is 8.07. The van der Waals surface area contributed by atoms with E-state index in [1.165, 1.54) is 10.6 Å². The second-order valence-electron chi connectivity index (χ2n) is 5.55. The van der Waals surface area contributed by atoms with Gasteiger partial charge in [-0.25, -0.2) is 4.98 Å². The summed E-state index contributed by atoms with van der Waals surface area (Å²) < 4.78 is 0. The molecule has 0 spiro atoms. The smallest absolute Gasteiger partial charge is 0.104 e. The van der Waals surface area contributed by atoms with Crippen molar-refractivity contribution in [1.82, 2.24) is 9.97 Å². The van der Waals surface area contributed by atoms with Gasteiger partial charge in [0.05, 0.1) is 17.3 Å². The van der Waals surface area contributed by atoms with Crippen LogP contribution >= 0.6 is 11.3 Å². The Kier molecular flexibility index (Phi) is 3.02. The molecule has 1 fully saturated rings. The Morgan fingerprint density at radius 1 is 1.05 bits per heavy atom. The highest BCUT2D eigenvalue weighted by Crippen LogP contribution is 2.54. The molecule has 1 aromatic carbocycles. The molecule has 0 saturated heterocycles. The Morgan fingerprint density at radius 3 is 2.41 bits per heavy atom. The number of benzene rings is 1. The van der Waals surface area contributed by atoms with Crippen molar-refractivity contribution in [2.75, 3.05) is 0 Å². The number of aromatic nitrogens is 2. The fourth-order valence-corrected chi connectivity index (χ4v) is 3.87. The summed E-state index contributed by atoms with van der Waals surface area (Å²) in [7, 11) is 0. The van der Waals surface area contributed by atoms with Crippen LogP contribution in [0.5, 0.6) is 0 Å². The van der Waals surface area contributed by atoms with Crippen molar-refractivity contribution in [3.63, 3.8) is 0 Å². The van der Waals surface area contributed by atoms with E-state index in [4.69, 9.17) is 10.2 Å². The summed E-state index contributed by atoms with van der Waals surface area (Å²) in [6.07, 6.45) is 5.84. The standard InChI is InChI=1S/C18H13N3S/c19-11-13-1-3-15(4-2-13)18(7-8-18)17-21-16(12-22-17)14-5-9-20-10-6-14/h1-6,9-10,12H,7-8H2. The summed E-state index contributed by atoms with van der Waals surface area (Å²) in [6.45, 7) is 0. The Bertz CT molecular complexity index is 840. The van der Waals surface area contributed by atoms with Crippen LogP contribution in [0.1, 0.15) is 29.0 Å². The van der Waals surface area contributed by atoms with Gasteiger partial charge in [0.1, 0.15) is 5.01 Å². The monoisotopic (exact) mass is 303 g/mol. The molecule has 3 nitrogen and oxygen atoms in total. The summed E-state index contributed by atoms with van der Waals surface area (Å²) in [5.74, 6) is 0. The number of thiazole rings is 1. The summed E-state index contributed by atoms with van der Waals surface area (Å²) in [4.78, 5) is 8.91. The highest BCUT2D eigenvalue weighted by Gasteiger charge is 2.48. The highest BCUT2D eigenvalue weighted by molar-refractivity contribution is 7.10. The van der Waals surface area contributed by atoms with Crippen LogP contribution in [-0.4, -0.2) is 9.97 Å². The van der Waals surface area contributed by atoms with Crippen molar-refractivity contribution in [2.45, 2.75) is 18.3 Å². The molecule has 0 aliphatic heterocycles. The highest BCUT2D eigenvalue weighted by atomic mass is 32.1. The minimum Gasteiger partial charge on any atom is -0.265 e. The minimum absolute atomic E-state index is 0.0595. The first-order chi connectivity index (χ1) is 10.8. The lowest BCUT2D eigenvalue weighted by atomic mass is 9.96. The number of hydrogen-bond donors (Lipinski definition) is 0. The van der Waals surface area contributed by atoms with E-state index in [1.54, 1.807) is 23.7 Å². The third-order valence-corrected chi connectivity index (χ3v) is 5.25. The molecule has 1 aliphatic rings. The SMILES string of the molecule is N#Cc1ccc(C2(c3nc(-c4ccncc4)cs3)CC2)cc1. The zero-order valence-electron chi connectivity index (χ0n) is 11.9. The summed E-state index contributed by atoms with van der Waals surface area (Å²) in [5.41, 5.74) is 4.15. The quantitative estimate of drug-likeness (QED) is 0.730. The first kappa shape index (κ1) is 13.2. The number of rotatable bonds is 3. The molecule has 2 heterocycles. The fraction of sp³-hybridized carbons (Fsp3) is 0.167. The molecule has 1 saturated carbocycles. The van der Waals surface area contributed by atoms with Gasteiger partial charge in [-0.1, -0.05) is 12.1 Å². The largest absolute Gasteiger partial charge is 0.265 e. The zero-order chi connectivity index (χ0) is 15.0. The van der Waals surface area contributed by atoms with Gasteiger partial charge in [-0.05, 0) is 42.7 Å². The maximum atomic E-state index is 8.93. The lowest BCUT2D eigenvalue weighted by molar-refractivity contribution is 0.834. The molecular weight excluding hydrogens is 290 g/mol. The zero-order valence-corrected chi connectivity index (χ0v) is 12.7. The lowest BCUT2D eigenvalue weighted by Crippen LogP contribution is -2.08. The first-order valence-electron chi connectivity index (χ1n) is 7.19. The van der Waals surface area contributed by atoms with Crippen molar-refractivity contribution < 1.29 is 0 Å². The molecule has 0 unspecified atom stereocenters. The van der Waals surface area contributed by atoms with Crippen molar-refractivity contribution in [1.29, 1.82) is 5.26 Å². The number of hydrogen-bond acceptors (Lipinski definition) is 4. The van der Waals surface area contributed by atoms with E-state index < -0.39 is 0 Å². The van der Waals surface area contributed by atoms with Gasteiger partial charge in [0.25, 0.3) is 0 Å². The van der Waals surface area contributed by atoms with Crippen LogP contribution in [0.2, 0.25) is 0 Å². The molecule has 0 bridgehead atoms. The minimum atomic E-state index is 0.0595. The molecule has 106 valence electrons. The van der Waals surface area contributed by atoms with Gasteiger partial charge in [-0.15, -0.1) is 11.3 Å². The number of nitrogens with zero attached hydrogens (tertiary/aromatic N) is 3. The van der Waals surface area contributed by atoms with Gasteiger partial charge in [0.15, 0.2) is 0 Å². The third-order valence-electron chi connectivity index (χ3n) is 4.21. The normalized spacial score (nSPS) is 15.2. The van der Waals surface area contributed by atoms with E-state index >= 15 is 0 Å². The van der Waals surface area contributed by atoms with E-state index in [1.807, 2.05) is 24.3 Å². The predicted molar refractivity (Wildman–Crippen MR) is 86.5 cm³/mol. The lowest BCUT2D eigenvalue weighted by Gasteiger charge is -2.12. The van der Waals surface area contributed by atoms with Crippen LogP contribution in [0.4, 0.5) is 0 Å². The van der Waals surface area contributed by atoms with Gasteiger partial charge < -0.3 is 0 Å². The predicted octanol–water partition coefficient (Wildman–Crippen LogP) is 4.16. The van der Waals surface area contributed by atoms with Crippen LogP contribution in [0, 0.1) is 11.3 Å². The van der Waals surface area contributed by atoms with Crippen molar-refractivity contribution in [2.24, 2.45) is 0 Å². The van der Waals surface area contributed by atoms with E-state index in [0.29, 0.717) is 5.56 Å². The second-order valence-corrected chi connectivity index (χ2v) is 6.40. The van der Waals surface area contributed by atoms with Crippen molar-refractivity contribution >= 4 is 11.3 Å². The van der Waals surface area contributed by atoms with Crippen LogP contribution in [0.3, 0.4) is 0 Å². The molecule has 0 radical (unpaired) electrons. The molecule has 4 heteroatoms. The van der Waals surface area contributed by atoms with Crippen LogP contribution in [0.25, 0.3) is 11.3 Å². The molecular formula is C18H13N3S. The van der Waals surface area contributed by atoms with Gasteiger partial charge in [-0.3, -0.25) is 4.98 Å². The van der Waals surface area contributed by atoms with E-state index in [0.717, 1.165) is 24.1 Å². The second kappa shape index (κ2) is 5.04. The maximum absolute atomic E-state index is 8.93. The fourth-order valence-electron chi connectivity index (χ4n) is 2.76. The van der Waals surface area contributed by atoms with E-state index in [-0.39, 0.29) is 5.41 Å². The van der Waals surface area contributed by atoms with Crippen LogP contribution in [-0.2, 0) is 5.41 Å². The van der Waals surface area contributed by atoms with Crippen LogP contribution < -0.4 is 0 Å².